The van der Waals surface area contributed by atoms with Gasteiger partial charge in [0.05, 0.1) is 0 Å². The Labute approximate surface area is 143 Å². The van der Waals surface area contributed by atoms with Gasteiger partial charge in [-0.25, -0.2) is 0 Å². The van der Waals surface area contributed by atoms with Gasteiger partial charge in [0.25, 0.3) is 0 Å². The fourth-order valence-electron chi connectivity index (χ4n) is 2.30. The van der Waals surface area contributed by atoms with Crippen LogP contribution in [0.4, 0.5) is 0 Å². The van der Waals surface area contributed by atoms with Gasteiger partial charge in [-0.15, -0.1) is 29.8 Å². The van der Waals surface area contributed by atoms with Crippen molar-refractivity contribution >= 4 is 12.6 Å². The normalized spacial score (nSPS) is 11.9. The van der Waals surface area contributed by atoms with Crippen molar-refractivity contribution in [3.8, 4) is 22.8 Å². The summed E-state index contributed by atoms with van der Waals surface area (Å²) in [6.45, 7) is 0. The molecule has 3 aromatic rings. The maximum Gasteiger partial charge on any atom is 0.573 e. The van der Waals surface area contributed by atoms with E-state index < -0.39 is 7.12 Å². The monoisotopic (exact) mass is 467 g/mol. The minimum absolute atomic E-state index is 0. The number of benzene rings is 2. The van der Waals surface area contributed by atoms with Gasteiger partial charge in [-0.1, -0.05) is 29.7 Å². The van der Waals surface area contributed by atoms with E-state index in [-0.39, 0.29) is 21.1 Å². The molecule has 3 nitrogen and oxygen atoms in total. The van der Waals surface area contributed by atoms with E-state index in [2.05, 4.69) is 11.1 Å². The summed E-state index contributed by atoms with van der Waals surface area (Å²) in [5.74, 6) is 1.55. The molecule has 0 saturated heterocycles. The number of hydrogen-bond acceptors (Lipinski definition) is 3. The van der Waals surface area contributed by atoms with E-state index in [1.165, 1.54) is 0 Å². The van der Waals surface area contributed by atoms with Crippen molar-refractivity contribution < 1.29 is 30.4 Å². The van der Waals surface area contributed by atoms with Gasteiger partial charge in [0, 0.05) is 27.3 Å². The molecule has 0 atom stereocenters. The molecule has 1 aliphatic heterocycles. The molecule has 2 heterocycles. The second-order valence-corrected chi connectivity index (χ2v) is 4.77. The Kier molecular flexibility index (Phi) is 4.30. The Morgan fingerprint density at radius 2 is 1.59 bits per heavy atom. The SMILES string of the molecule is [Pt].[c-]1cc(B2Oc3ccccc3O2)ccc1-c1ccccn1. The van der Waals surface area contributed by atoms with Crippen molar-refractivity contribution in [3.63, 3.8) is 0 Å². The van der Waals surface area contributed by atoms with E-state index in [1.807, 2.05) is 60.7 Å². The van der Waals surface area contributed by atoms with Crippen molar-refractivity contribution in [3.05, 3.63) is 72.9 Å². The fourth-order valence-corrected chi connectivity index (χ4v) is 2.30. The summed E-state index contributed by atoms with van der Waals surface area (Å²) in [7, 11) is -0.406. The minimum Gasteiger partial charge on any atom is -0.528 e. The van der Waals surface area contributed by atoms with Crippen LogP contribution in [0.25, 0.3) is 11.3 Å². The van der Waals surface area contributed by atoms with Crippen LogP contribution in [0.2, 0.25) is 0 Å². The molecule has 5 heteroatoms. The molecular weight excluding hydrogens is 456 g/mol. The Morgan fingerprint density at radius 1 is 0.864 bits per heavy atom. The summed E-state index contributed by atoms with van der Waals surface area (Å²) >= 11 is 0. The molecule has 0 bridgehead atoms. The molecule has 110 valence electrons. The van der Waals surface area contributed by atoms with E-state index in [1.54, 1.807) is 6.20 Å². The van der Waals surface area contributed by atoms with Gasteiger partial charge in [-0.05, 0) is 23.9 Å². The third-order valence-electron chi connectivity index (χ3n) is 3.37. The largest absolute Gasteiger partial charge is 0.573 e. The van der Waals surface area contributed by atoms with Crippen LogP contribution in [0.3, 0.4) is 0 Å². The molecular formula is C17H11BNO2Pt-. The van der Waals surface area contributed by atoms with E-state index in [9.17, 15) is 0 Å². The van der Waals surface area contributed by atoms with Crippen LogP contribution in [-0.2, 0) is 21.1 Å². The number of fused-ring (bicyclic) bond motifs is 1. The van der Waals surface area contributed by atoms with Crippen molar-refractivity contribution in [2.75, 3.05) is 0 Å². The van der Waals surface area contributed by atoms with Gasteiger partial charge in [-0.3, -0.25) is 0 Å². The second-order valence-electron chi connectivity index (χ2n) is 4.77. The summed E-state index contributed by atoms with van der Waals surface area (Å²) in [5.41, 5.74) is 2.79. The Morgan fingerprint density at radius 3 is 2.18 bits per heavy atom. The zero-order valence-corrected chi connectivity index (χ0v) is 13.8. The van der Waals surface area contributed by atoms with E-state index in [4.69, 9.17) is 9.31 Å². The maximum atomic E-state index is 5.78. The van der Waals surface area contributed by atoms with Gasteiger partial charge in [-0.2, -0.15) is 0 Å². The van der Waals surface area contributed by atoms with E-state index in [0.717, 1.165) is 28.2 Å². The average Bonchev–Trinajstić information content (AvgIpc) is 3.00. The smallest absolute Gasteiger partial charge is 0.528 e. The van der Waals surface area contributed by atoms with Crippen LogP contribution in [0, 0.1) is 6.07 Å². The van der Waals surface area contributed by atoms with Crippen LogP contribution >= 0.6 is 0 Å². The number of pyridine rings is 1. The molecule has 2 aromatic carbocycles. The van der Waals surface area contributed by atoms with Crippen molar-refractivity contribution in [1.29, 1.82) is 0 Å². The average molecular weight is 467 g/mol. The first-order chi connectivity index (χ1) is 10.4. The van der Waals surface area contributed by atoms with Gasteiger partial charge < -0.3 is 14.3 Å². The summed E-state index contributed by atoms with van der Waals surface area (Å²) in [4.78, 5) is 4.31. The quantitative estimate of drug-likeness (QED) is 0.430. The maximum absolute atomic E-state index is 5.78. The molecule has 0 unspecified atom stereocenters. The first kappa shape index (κ1) is 14.9. The molecule has 0 fully saturated rings. The first-order valence-corrected chi connectivity index (χ1v) is 6.75. The molecule has 0 saturated carbocycles. The summed E-state index contributed by atoms with van der Waals surface area (Å²) < 4.78 is 11.6. The number of para-hydroxylation sites is 2. The predicted octanol–water partition coefficient (Wildman–Crippen LogP) is 2.71. The predicted molar refractivity (Wildman–Crippen MR) is 81.6 cm³/mol. The standard InChI is InChI=1S/C17H11BNO2.Pt/c1-2-7-17-16(6-1)20-18(21-17)14-10-8-13(9-11-14)15-5-3-4-12-19-15;/h1-8,10-12H;/q-1;. The third kappa shape index (κ3) is 2.79. The number of nitrogens with zero attached hydrogens (tertiary/aromatic N) is 1. The van der Waals surface area contributed by atoms with Crippen molar-refractivity contribution in [2.45, 2.75) is 0 Å². The molecule has 0 aliphatic carbocycles. The van der Waals surface area contributed by atoms with Gasteiger partial charge >= 0.3 is 7.12 Å². The van der Waals surface area contributed by atoms with Gasteiger partial charge in [0.1, 0.15) is 11.5 Å². The zero-order chi connectivity index (χ0) is 14.1. The summed E-state index contributed by atoms with van der Waals surface area (Å²) in [6.07, 6.45) is 1.77. The molecule has 22 heavy (non-hydrogen) atoms. The molecule has 1 aliphatic rings. The van der Waals surface area contributed by atoms with Crippen LogP contribution < -0.4 is 14.8 Å². The minimum atomic E-state index is -0.406. The molecule has 0 N–H and O–H groups in total. The van der Waals surface area contributed by atoms with Gasteiger partial charge in [0.15, 0.2) is 0 Å². The van der Waals surface area contributed by atoms with Crippen LogP contribution in [0.5, 0.6) is 11.5 Å². The third-order valence-corrected chi connectivity index (χ3v) is 3.37. The zero-order valence-electron chi connectivity index (χ0n) is 11.5. The number of rotatable bonds is 2. The molecule has 0 spiro atoms. The van der Waals surface area contributed by atoms with Gasteiger partial charge in [0.2, 0.25) is 0 Å². The molecule has 0 radical (unpaired) electrons. The Balaban J connectivity index is 0.00000144. The first-order valence-electron chi connectivity index (χ1n) is 6.75. The van der Waals surface area contributed by atoms with Crippen LogP contribution in [0.15, 0.2) is 66.9 Å². The van der Waals surface area contributed by atoms with E-state index >= 15 is 0 Å². The summed E-state index contributed by atoms with van der Waals surface area (Å²) in [5, 5.41) is 0. The molecule has 0 amide bonds. The van der Waals surface area contributed by atoms with Crippen LogP contribution in [-0.4, -0.2) is 12.1 Å². The Hall–Kier alpha value is -2.06. The number of hydrogen-bond donors (Lipinski definition) is 0. The van der Waals surface area contributed by atoms with Crippen molar-refractivity contribution in [2.24, 2.45) is 0 Å². The van der Waals surface area contributed by atoms with Crippen LogP contribution in [0.1, 0.15) is 0 Å². The van der Waals surface area contributed by atoms with Crippen molar-refractivity contribution in [1.82, 2.24) is 4.98 Å². The molecule has 1 aromatic heterocycles. The second kappa shape index (κ2) is 6.37. The van der Waals surface area contributed by atoms with E-state index in [0.29, 0.717) is 0 Å². The Bertz CT molecular complexity index is 740. The topological polar surface area (TPSA) is 31.4 Å². The molecule has 4 rings (SSSR count). The number of aromatic nitrogens is 1. The fraction of sp³-hybridized carbons (Fsp3) is 0. The summed E-state index contributed by atoms with van der Waals surface area (Å²) in [6, 6.07) is 22.6.